The summed E-state index contributed by atoms with van der Waals surface area (Å²) in [5, 5.41) is 4.96. The molecule has 278 valence electrons. The van der Waals surface area contributed by atoms with Gasteiger partial charge in [0, 0.05) is 34.1 Å². The minimum Gasteiger partial charge on any atom is -0.310 e. The molecule has 2 heteroatoms. The Kier molecular flexibility index (Phi) is 8.41. The molecule has 0 unspecified atom stereocenters. The zero-order valence-electron chi connectivity index (χ0n) is 32.5. The second kappa shape index (κ2) is 14.4. The zero-order valence-corrected chi connectivity index (χ0v) is 32.5. The minimum atomic E-state index is -0.501. The SMILES string of the molecule is c1ccc(N(c2cccc(N(c3ccccc3)c3ccc4ccc5ccccc5c4c3)c2)c2cccc(C3(c4ccccc4)c4ccccc4-c4ccccc43)c2)cc1. The highest BCUT2D eigenvalue weighted by Crippen LogP contribution is 2.56. The lowest BCUT2D eigenvalue weighted by atomic mass is 9.67. The first-order chi connectivity index (χ1) is 29.3. The second-order valence-corrected chi connectivity index (χ2v) is 15.3. The predicted molar refractivity (Wildman–Crippen MR) is 248 cm³/mol. The molecule has 0 radical (unpaired) electrons. The molecule has 10 aromatic rings. The van der Waals surface area contributed by atoms with Gasteiger partial charge in [0.2, 0.25) is 0 Å². The van der Waals surface area contributed by atoms with Gasteiger partial charge in [-0.3, -0.25) is 0 Å². The fraction of sp³-hybridized carbons (Fsp3) is 0.0175. The normalized spacial score (nSPS) is 12.5. The van der Waals surface area contributed by atoms with E-state index in [2.05, 4.69) is 252 Å². The van der Waals surface area contributed by atoms with Gasteiger partial charge in [0.05, 0.1) is 5.41 Å². The first kappa shape index (κ1) is 34.6. The fourth-order valence-corrected chi connectivity index (χ4v) is 9.54. The summed E-state index contributed by atoms with van der Waals surface area (Å²) in [4.78, 5) is 4.77. The van der Waals surface area contributed by atoms with Crippen LogP contribution in [0.2, 0.25) is 0 Å². The molecule has 0 aromatic heterocycles. The van der Waals surface area contributed by atoms with Crippen molar-refractivity contribution in [3.63, 3.8) is 0 Å². The number of nitrogens with zero attached hydrogens (tertiary/aromatic N) is 2. The highest BCUT2D eigenvalue weighted by atomic mass is 15.2. The fourth-order valence-electron chi connectivity index (χ4n) is 9.54. The molecule has 0 N–H and O–H groups in total. The number of hydrogen-bond donors (Lipinski definition) is 0. The third-order valence-electron chi connectivity index (χ3n) is 12.1. The monoisotopic (exact) mass is 752 g/mol. The Hall–Kier alpha value is -7.68. The number of hydrogen-bond acceptors (Lipinski definition) is 2. The first-order valence-corrected chi connectivity index (χ1v) is 20.3. The van der Waals surface area contributed by atoms with Crippen molar-refractivity contribution in [2.75, 3.05) is 9.80 Å². The van der Waals surface area contributed by atoms with Gasteiger partial charge < -0.3 is 9.80 Å². The van der Waals surface area contributed by atoms with Crippen LogP contribution < -0.4 is 9.80 Å². The molecule has 11 rings (SSSR count). The Labute approximate surface area is 345 Å². The topological polar surface area (TPSA) is 6.48 Å². The number of fused-ring (bicyclic) bond motifs is 6. The van der Waals surface area contributed by atoms with E-state index in [0.717, 1.165) is 34.1 Å². The van der Waals surface area contributed by atoms with Crippen LogP contribution in [0.5, 0.6) is 0 Å². The Morgan fingerprint density at radius 1 is 0.254 bits per heavy atom. The van der Waals surface area contributed by atoms with Crippen LogP contribution in [-0.4, -0.2) is 0 Å². The summed E-state index contributed by atoms with van der Waals surface area (Å²) < 4.78 is 0. The Bertz CT molecular complexity index is 3070. The summed E-state index contributed by atoms with van der Waals surface area (Å²) in [5.41, 5.74) is 13.7. The van der Waals surface area contributed by atoms with Gasteiger partial charge in [-0.15, -0.1) is 0 Å². The van der Waals surface area contributed by atoms with E-state index < -0.39 is 5.41 Å². The summed E-state index contributed by atoms with van der Waals surface area (Å²) in [6, 6.07) is 88.5. The lowest BCUT2D eigenvalue weighted by Gasteiger charge is -2.35. The van der Waals surface area contributed by atoms with Crippen molar-refractivity contribution in [1.82, 2.24) is 0 Å². The van der Waals surface area contributed by atoms with Crippen molar-refractivity contribution in [2.45, 2.75) is 5.41 Å². The van der Waals surface area contributed by atoms with Gasteiger partial charge in [0.15, 0.2) is 0 Å². The molecular weight excluding hydrogens is 713 g/mol. The van der Waals surface area contributed by atoms with Crippen molar-refractivity contribution in [3.05, 3.63) is 265 Å². The number of benzene rings is 10. The standard InChI is InChI=1S/C57H40N2/c1-4-19-43(20-5-1)57(55-32-14-12-30-52(55)53-31-13-15-33-56(53)57)44-21-16-26-47(38-44)58(45-22-6-2-7-23-45)48-27-17-28-49(39-48)59(46-24-8-3-9-25-46)50-37-36-42-35-34-41-18-10-11-29-51(41)54(42)40-50/h1-40H. The van der Waals surface area contributed by atoms with E-state index in [1.165, 1.54) is 54.9 Å². The maximum absolute atomic E-state index is 2.41. The van der Waals surface area contributed by atoms with Gasteiger partial charge in [0.1, 0.15) is 0 Å². The van der Waals surface area contributed by atoms with Gasteiger partial charge in [-0.1, -0.05) is 176 Å². The summed E-state index contributed by atoms with van der Waals surface area (Å²) in [6.45, 7) is 0. The molecule has 0 bridgehead atoms. The van der Waals surface area contributed by atoms with Gasteiger partial charge in [-0.05, 0) is 122 Å². The van der Waals surface area contributed by atoms with Crippen LogP contribution in [-0.2, 0) is 5.41 Å². The van der Waals surface area contributed by atoms with Crippen LogP contribution in [0, 0.1) is 0 Å². The molecule has 0 amide bonds. The third kappa shape index (κ3) is 5.72. The Morgan fingerprint density at radius 3 is 1.31 bits per heavy atom. The predicted octanol–water partition coefficient (Wildman–Crippen LogP) is 15.3. The molecule has 0 aliphatic heterocycles. The van der Waals surface area contributed by atoms with Crippen LogP contribution in [0.15, 0.2) is 243 Å². The molecule has 1 aliphatic carbocycles. The number of para-hydroxylation sites is 2. The Morgan fingerprint density at radius 2 is 0.678 bits per heavy atom. The maximum Gasteiger partial charge on any atom is 0.0714 e. The Balaban J connectivity index is 1.10. The summed E-state index contributed by atoms with van der Waals surface area (Å²) in [7, 11) is 0. The largest absolute Gasteiger partial charge is 0.310 e. The van der Waals surface area contributed by atoms with Crippen molar-refractivity contribution in [1.29, 1.82) is 0 Å². The molecule has 59 heavy (non-hydrogen) atoms. The first-order valence-electron chi connectivity index (χ1n) is 20.3. The summed E-state index contributed by atoms with van der Waals surface area (Å²) in [5.74, 6) is 0. The van der Waals surface area contributed by atoms with Crippen LogP contribution in [0.1, 0.15) is 22.3 Å². The third-order valence-corrected chi connectivity index (χ3v) is 12.1. The molecule has 0 atom stereocenters. The lowest BCUT2D eigenvalue weighted by Crippen LogP contribution is -2.28. The van der Waals surface area contributed by atoms with E-state index in [0.29, 0.717) is 0 Å². The molecular formula is C57H40N2. The van der Waals surface area contributed by atoms with Crippen LogP contribution in [0.3, 0.4) is 0 Å². The average molecular weight is 753 g/mol. The summed E-state index contributed by atoms with van der Waals surface area (Å²) >= 11 is 0. The molecule has 0 heterocycles. The minimum absolute atomic E-state index is 0.501. The molecule has 0 fully saturated rings. The average Bonchev–Trinajstić information content (AvgIpc) is 3.62. The van der Waals surface area contributed by atoms with E-state index in [4.69, 9.17) is 0 Å². The number of rotatable bonds is 8. The molecule has 0 saturated heterocycles. The van der Waals surface area contributed by atoms with Crippen molar-refractivity contribution in [3.8, 4) is 11.1 Å². The van der Waals surface area contributed by atoms with Crippen molar-refractivity contribution >= 4 is 55.7 Å². The van der Waals surface area contributed by atoms with Gasteiger partial charge >= 0.3 is 0 Å². The van der Waals surface area contributed by atoms with Crippen LogP contribution in [0.4, 0.5) is 34.1 Å². The van der Waals surface area contributed by atoms with E-state index in [1.54, 1.807) is 0 Å². The van der Waals surface area contributed by atoms with E-state index >= 15 is 0 Å². The van der Waals surface area contributed by atoms with Crippen LogP contribution >= 0.6 is 0 Å². The maximum atomic E-state index is 2.41. The van der Waals surface area contributed by atoms with E-state index in [-0.39, 0.29) is 0 Å². The molecule has 0 saturated carbocycles. The van der Waals surface area contributed by atoms with Gasteiger partial charge in [0.25, 0.3) is 0 Å². The van der Waals surface area contributed by atoms with E-state index in [9.17, 15) is 0 Å². The van der Waals surface area contributed by atoms with Gasteiger partial charge in [-0.25, -0.2) is 0 Å². The number of anilines is 6. The van der Waals surface area contributed by atoms with E-state index in [1.807, 2.05) is 0 Å². The molecule has 0 spiro atoms. The quantitative estimate of drug-likeness (QED) is 0.143. The highest BCUT2D eigenvalue weighted by molar-refractivity contribution is 6.09. The molecule has 10 aromatic carbocycles. The molecule has 1 aliphatic rings. The highest BCUT2D eigenvalue weighted by Gasteiger charge is 2.46. The zero-order chi connectivity index (χ0) is 39.2. The second-order valence-electron chi connectivity index (χ2n) is 15.3. The van der Waals surface area contributed by atoms with Crippen LogP contribution in [0.25, 0.3) is 32.7 Å². The van der Waals surface area contributed by atoms with Gasteiger partial charge in [-0.2, -0.15) is 0 Å². The molecule has 2 nitrogen and oxygen atoms in total. The lowest BCUT2D eigenvalue weighted by molar-refractivity contribution is 0.768. The van der Waals surface area contributed by atoms with Crippen molar-refractivity contribution in [2.24, 2.45) is 0 Å². The van der Waals surface area contributed by atoms with Crippen molar-refractivity contribution < 1.29 is 0 Å². The smallest absolute Gasteiger partial charge is 0.0714 e. The summed E-state index contributed by atoms with van der Waals surface area (Å²) in [6.07, 6.45) is 0.